The van der Waals surface area contributed by atoms with Crippen LogP contribution in [0.4, 0.5) is 11.5 Å². The first kappa shape index (κ1) is 13.9. The van der Waals surface area contributed by atoms with Crippen LogP contribution < -0.4 is 16.8 Å². The number of nitrogens with zero attached hydrogens (tertiary/aromatic N) is 4. The summed E-state index contributed by atoms with van der Waals surface area (Å²) < 4.78 is 0. The van der Waals surface area contributed by atoms with Crippen molar-refractivity contribution < 1.29 is 4.92 Å². The monoisotopic (exact) mass is 295 g/mol. The number of hydrazine groups is 1. The van der Waals surface area contributed by atoms with Crippen LogP contribution in [-0.2, 0) is 0 Å². The van der Waals surface area contributed by atoms with Gasteiger partial charge in [-0.1, -0.05) is 0 Å². The summed E-state index contributed by atoms with van der Waals surface area (Å²) in [4.78, 5) is 35.7. The molecule has 11 heteroatoms. The Kier molecular flexibility index (Phi) is 3.91. The fourth-order valence-electron chi connectivity index (χ4n) is 1.40. The molecule has 0 atom stereocenters. The SMILES string of the molecule is Cc1cc(=O)[nH]c(Sc2ncnc(NN)c2[N+](=O)[O-])n1. The molecule has 0 aliphatic rings. The Morgan fingerprint density at radius 1 is 1.50 bits per heavy atom. The van der Waals surface area contributed by atoms with Crippen molar-refractivity contribution in [3.8, 4) is 0 Å². The highest BCUT2D eigenvalue weighted by Gasteiger charge is 2.23. The molecule has 2 aromatic rings. The number of nitrogens with two attached hydrogens (primary N) is 1. The number of H-pyrrole nitrogens is 1. The van der Waals surface area contributed by atoms with Gasteiger partial charge >= 0.3 is 5.69 Å². The molecule has 0 aliphatic carbocycles. The maximum absolute atomic E-state index is 11.3. The Morgan fingerprint density at radius 3 is 2.85 bits per heavy atom. The second kappa shape index (κ2) is 5.63. The van der Waals surface area contributed by atoms with Gasteiger partial charge in [-0.2, -0.15) is 0 Å². The van der Waals surface area contributed by atoms with E-state index in [1.807, 2.05) is 0 Å². The summed E-state index contributed by atoms with van der Waals surface area (Å²) in [5.74, 6) is 5.05. The number of nitrogen functional groups attached to an aromatic ring is 1. The predicted molar refractivity (Wildman–Crippen MR) is 70.2 cm³/mol. The highest BCUT2D eigenvalue weighted by atomic mass is 32.2. The van der Waals surface area contributed by atoms with E-state index in [1.165, 1.54) is 6.07 Å². The van der Waals surface area contributed by atoms with E-state index in [9.17, 15) is 14.9 Å². The van der Waals surface area contributed by atoms with Crippen molar-refractivity contribution in [2.24, 2.45) is 5.84 Å². The van der Waals surface area contributed by atoms with Gasteiger partial charge in [0.15, 0.2) is 10.2 Å². The molecule has 0 saturated carbocycles. The van der Waals surface area contributed by atoms with Gasteiger partial charge < -0.3 is 10.4 Å². The predicted octanol–water partition coefficient (Wildman–Crippen LogP) is 0.213. The summed E-state index contributed by atoms with van der Waals surface area (Å²) >= 11 is 0.845. The molecule has 4 N–H and O–H groups in total. The maximum atomic E-state index is 11.3. The van der Waals surface area contributed by atoms with Crippen molar-refractivity contribution in [2.75, 3.05) is 5.43 Å². The van der Waals surface area contributed by atoms with Crippen LogP contribution in [-0.4, -0.2) is 24.9 Å². The molecule has 0 aliphatic heterocycles. The third-order valence-electron chi connectivity index (χ3n) is 2.15. The van der Waals surface area contributed by atoms with Crippen LogP contribution in [0, 0.1) is 17.0 Å². The van der Waals surface area contributed by atoms with Crippen LogP contribution in [0.5, 0.6) is 0 Å². The van der Waals surface area contributed by atoms with Gasteiger partial charge in [0.05, 0.1) is 4.92 Å². The quantitative estimate of drug-likeness (QED) is 0.236. The van der Waals surface area contributed by atoms with E-state index >= 15 is 0 Å². The minimum atomic E-state index is -0.661. The van der Waals surface area contributed by atoms with E-state index < -0.39 is 4.92 Å². The molecule has 0 aromatic carbocycles. The van der Waals surface area contributed by atoms with E-state index in [4.69, 9.17) is 5.84 Å². The van der Waals surface area contributed by atoms with Gasteiger partial charge in [0, 0.05) is 11.8 Å². The van der Waals surface area contributed by atoms with E-state index in [1.54, 1.807) is 6.92 Å². The second-order valence-corrected chi connectivity index (χ2v) is 4.55. The smallest absolute Gasteiger partial charge is 0.303 e. The summed E-state index contributed by atoms with van der Waals surface area (Å²) in [6, 6.07) is 1.31. The third kappa shape index (κ3) is 2.89. The lowest BCUT2D eigenvalue weighted by Crippen LogP contribution is -2.12. The first-order chi connectivity index (χ1) is 9.51. The number of aryl methyl sites for hydroxylation is 1. The number of hydrogen-bond acceptors (Lipinski definition) is 9. The normalized spacial score (nSPS) is 10.3. The van der Waals surface area contributed by atoms with Crippen LogP contribution in [0.3, 0.4) is 0 Å². The van der Waals surface area contributed by atoms with Crippen molar-refractivity contribution >= 4 is 23.3 Å². The highest BCUT2D eigenvalue weighted by Crippen LogP contribution is 2.34. The van der Waals surface area contributed by atoms with Gasteiger partial charge in [-0.3, -0.25) is 14.9 Å². The van der Waals surface area contributed by atoms with E-state index in [0.717, 1.165) is 18.1 Å². The van der Waals surface area contributed by atoms with Gasteiger partial charge in [-0.15, -0.1) is 0 Å². The average molecular weight is 295 g/mol. The van der Waals surface area contributed by atoms with E-state index in [0.29, 0.717) is 5.69 Å². The van der Waals surface area contributed by atoms with Crippen molar-refractivity contribution in [1.82, 2.24) is 19.9 Å². The largest absolute Gasteiger partial charge is 0.345 e. The molecule has 0 fully saturated rings. The molecule has 0 bridgehead atoms. The molecule has 20 heavy (non-hydrogen) atoms. The van der Waals surface area contributed by atoms with Gasteiger partial charge in [-0.05, 0) is 18.7 Å². The van der Waals surface area contributed by atoms with Crippen molar-refractivity contribution in [2.45, 2.75) is 17.1 Å². The first-order valence-corrected chi connectivity index (χ1v) is 6.04. The fraction of sp³-hybridized carbons (Fsp3) is 0.111. The lowest BCUT2D eigenvalue weighted by atomic mass is 10.5. The minimum absolute atomic E-state index is 0.0201. The van der Waals surface area contributed by atoms with E-state index in [2.05, 4.69) is 25.4 Å². The summed E-state index contributed by atoms with van der Waals surface area (Å²) in [5, 5.41) is 11.3. The molecule has 0 saturated heterocycles. The summed E-state index contributed by atoms with van der Waals surface area (Å²) in [5.41, 5.74) is 1.88. The number of aromatic nitrogens is 4. The molecule has 0 unspecified atom stereocenters. The first-order valence-electron chi connectivity index (χ1n) is 5.23. The minimum Gasteiger partial charge on any atom is -0.303 e. The molecule has 0 amide bonds. The lowest BCUT2D eigenvalue weighted by Gasteiger charge is -2.04. The number of aromatic amines is 1. The Bertz CT molecular complexity index is 717. The Labute approximate surface area is 116 Å². The molecule has 2 aromatic heterocycles. The lowest BCUT2D eigenvalue weighted by molar-refractivity contribution is -0.387. The average Bonchev–Trinajstić information content (AvgIpc) is 2.36. The molecule has 0 radical (unpaired) electrons. The van der Waals surface area contributed by atoms with Crippen LogP contribution in [0.2, 0.25) is 0 Å². The van der Waals surface area contributed by atoms with Crippen LogP contribution in [0.25, 0.3) is 0 Å². The highest BCUT2D eigenvalue weighted by molar-refractivity contribution is 7.99. The number of nitrogens with one attached hydrogen (secondary N) is 2. The van der Waals surface area contributed by atoms with Crippen LogP contribution in [0.1, 0.15) is 5.69 Å². The molecule has 0 spiro atoms. The van der Waals surface area contributed by atoms with Crippen molar-refractivity contribution in [3.05, 3.63) is 38.6 Å². The Hall–Kier alpha value is -2.53. The Balaban J connectivity index is 2.48. The van der Waals surface area contributed by atoms with Crippen LogP contribution in [0.15, 0.2) is 27.4 Å². The van der Waals surface area contributed by atoms with Gasteiger partial charge in [0.25, 0.3) is 5.56 Å². The fourth-order valence-corrected chi connectivity index (χ4v) is 2.29. The number of anilines is 1. The summed E-state index contributed by atoms with van der Waals surface area (Å²) in [6.07, 6.45) is 1.12. The van der Waals surface area contributed by atoms with Gasteiger partial charge in [0.2, 0.25) is 5.82 Å². The maximum Gasteiger partial charge on any atom is 0.345 e. The zero-order valence-electron chi connectivity index (χ0n) is 10.2. The standard InChI is InChI=1S/C9H9N7O3S/c1-4-2-5(17)14-9(13-4)20-8-6(16(18)19)7(15-10)11-3-12-8/h2-3H,10H2,1H3,(H,11,12,15)(H,13,14,17). The molecule has 10 nitrogen and oxygen atoms in total. The number of rotatable bonds is 4. The topological polar surface area (TPSA) is 153 Å². The molecule has 2 rings (SSSR count). The molecular formula is C9H9N7O3S. The summed E-state index contributed by atoms with van der Waals surface area (Å²) in [7, 11) is 0. The Morgan fingerprint density at radius 2 is 2.25 bits per heavy atom. The number of hydrogen-bond donors (Lipinski definition) is 3. The zero-order valence-corrected chi connectivity index (χ0v) is 11.0. The van der Waals surface area contributed by atoms with Crippen molar-refractivity contribution in [1.29, 1.82) is 0 Å². The zero-order chi connectivity index (χ0) is 14.7. The van der Waals surface area contributed by atoms with Crippen molar-refractivity contribution in [3.63, 3.8) is 0 Å². The molecule has 2 heterocycles. The number of nitro groups is 1. The molecular weight excluding hydrogens is 286 g/mol. The van der Waals surface area contributed by atoms with Crippen LogP contribution >= 0.6 is 11.8 Å². The molecule has 104 valence electrons. The van der Waals surface area contributed by atoms with Gasteiger partial charge in [-0.25, -0.2) is 20.8 Å². The van der Waals surface area contributed by atoms with E-state index in [-0.39, 0.29) is 27.2 Å². The second-order valence-electron chi connectivity index (χ2n) is 3.57. The van der Waals surface area contributed by atoms with Gasteiger partial charge in [0.1, 0.15) is 6.33 Å². The third-order valence-corrected chi connectivity index (χ3v) is 3.03. The summed E-state index contributed by atoms with van der Waals surface area (Å²) in [6.45, 7) is 1.64.